The molecule has 0 saturated carbocycles. The minimum atomic E-state index is 0.193. The maximum Gasteiger partial charge on any atom is 0.252 e. The maximum atomic E-state index is 8.81. The Morgan fingerprint density at radius 2 is 2.39 bits per heavy atom. The molecule has 0 atom stereocenters. The Bertz CT molecular complexity index is 627. The Balaban J connectivity index is 2.10. The van der Waals surface area contributed by atoms with Gasteiger partial charge < -0.3 is 4.42 Å². The summed E-state index contributed by atoms with van der Waals surface area (Å²) in [4.78, 5) is 3.90. The van der Waals surface area contributed by atoms with Gasteiger partial charge in [0.05, 0.1) is 6.21 Å². The molecule has 0 saturated heterocycles. The van der Waals surface area contributed by atoms with E-state index < -0.39 is 0 Å². The van der Waals surface area contributed by atoms with Gasteiger partial charge in [0, 0.05) is 11.4 Å². The summed E-state index contributed by atoms with van der Waals surface area (Å²) in [5, 5.41) is 12.8. The van der Waals surface area contributed by atoms with Crippen LogP contribution in [0.1, 0.15) is 17.1 Å². The van der Waals surface area contributed by atoms with Crippen molar-refractivity contribution in [1.29, 1.82) is 5.26 Å². The monoisotopic (exact) mass is 304 g/mol. The van der Waals surface area contributed by atoms with Gasteiger partial charge in [0.25, 0.3) is 5.88 Å². The average Bonchev–Trinajstić information content (AvgIpc) is 2.70. The number of rotatable bonds is 3. The highest BCUT2D eigenvalue weighted by Crippen LogP contribution is 2.15. The molecule has 1 heterocycles. The summed E-state index contributed by atoms with van der Waals surface area (Å²) in [5.41, 5.74) is 3.77. The fourth-order valence-electron chi connectivity index (χ4n) is 1.33. The molecule has 2 aromatic rings. The van der Waals surface area contributed by atoms with Crippen LogP contribution < -0.4 is 5.43 Å². The number of oxazole rings is 1. The minimum absolute atomic E-state index is 0.193. The fourth-order valence-corrected chi connectivity index (χ4v) is 1.75. The van der Waals surface area contributed by atoms with Crippen LogP contribution in [-0.4, -0.2) is 11.2 Å². The van der Waals surface area contributed by atoms with Gasteiger partial charge in [-0.3, -0.25) is 0 Å². The standard InChI is InChI=1S/C12H9BrN4O/c1-8-16-11(6-14)12(18-8)17-15-7-9-3-2-4-10(13)5-9/h2-5,7,17H,1H3. The zero-order chi connectivity index (χ0) is 13.0. The summed E-state index contributed by atoms with van der Waals surface area (Å²) >= 11 is 3.37. The number of nitriles is 1. The molecule has 0 amide bonds. The van der Waals surface area contributed by atoms with Gasteiger partial charge in [-0.05, 0) is 17.7 Å². The molecular formula is C12H9BrN4O. The minimum Gasteiger partial charge on any atom is -0.422 e. The normalized spacial score (nSPS) is 10.5. The van der Waals surface area contributed by atoms with Crippen molar-refractivity contribution in [3.05, 3.63) is 45.9 Å². The number of hydrogen-bond acceptors (Lipinski definition) is 5. The maximum absolute atomic E-state index is 8.81. The Labute approximate surface area is 112 Å². The molecule has 90 valence electrons. The van der Waals surface area contributed by atoms with Gasteiger partial charge >= 0.3 is 0 Å². The lowest BCUT2D eigenvalue weighted by molar-refractivity contribution is 0.533. The number of aryl methyl sites for hydroxylation is 1. The summed E-state index contributed by atoms with van der Waals surface area (Å²) < 4.78 is 6.17. The van der Waals surface area contributed by atoms with Crippen molar-refractivity contribution in [3.63, 3.8) is 0 Å². The van der Waals surface area contributed by atoms with E-state index >= 15 is 0 Å². The first-order chi connectivity index (χ1) is 8.69. The second-order valence-electron chi connectivity index (χ2n) is 3.45. The van der Waals surface area contributed by atoms with E-state index in [0.29, 0.717) is 5.89 Å². The summed E-state index contributed by atoms with van der Waals surface area (Å²) in [6.45, 7) is 1.67. The largest absolute Gasteiger partial charge is 0.422 e. The molecule has 0 bridgehead atoms. The molecule has 5 nitrogen and oxygen atoms in total. The number of nitrogens with zero attached hydrogens (tertiary/aromatic N) is 3. The number of hydrazone groups is 1. The van der Waals surface area contributed by atoms with E-state index in [1.807, 2.05) is 30.3 Å². The van der Waals surface area contributed by atoms with Crippen molar-refractivity contribution in [2.24, 2.45) is 5.10 Å². The highest BCUT2D eigenvalue weighted by atomic mass is 79.9. The van der Waals surface area contributed by atoms with E-state index in [-0.39, 0.29) is 11.6 Å². The smallest absolute Gasteiger partial charge is 0.252 e. The van der Waals surface area contributed by atoms with E-state index in [4.69, 9.17) is 9.68 Å². The van der Waals surface area contributed by atoms with Crippen LogP contribution in [-0.2, 0) is 0 Å². The second-order valence-corrected chi connectivity index (χ2v) is 4.36. The summed E-state index contributed by atoms with van der Waals surface area (Å²) in [5.74, 6) is 0.674. The zero-order valence-electron chi connectivity index (χ0n) is 9.51. The Hall–Kier alpha value is -2.13. The van der Waals surface area contributed by atoms with E-state index in [2.05, 4.69) is 31.4 Å². The van der Waals surface area contributed by atoms with Crippen LogP contribution in [0.2, 0.25) is 0 Å². The molecule has 2 rings (SSSR count). The predicted octanol–water partition coefficient (Wildman–Crippen LogP) is 3.06. The number of nitrogens with one attached hydrogen (secondary N) is 1. The topological polar surface area (TPSA) is 74.2 Å². The van der Waals surface area contributed by atoms with Gasteiger partial charge in [-0.1, -0.05) is 28.1 Å². The molecule has 0 unspecified atom stereocenters. The lowest BCUT2D eigenvalue weighted by Gasteiger charge is -1.95. The number of anilines is 1. The summed E-state index contributed by atoms with van der Waals surface area (Å²) in [6, 6.07) is 9.59. The molecule has 1 aromatic carbocycles. The number of halogens is 1. The Morgan fingerprint density at radius 1 is 1.56 bits per heavy atom. The van der Waals surface area contributed by atoms with Crippen LogP contribution in [0.3, 0.4) is 0 Å². The van der Waals surface area contributed by atoms with Crippen molar-refractivity contribution >= 4 is 28.0 Å². The first-order valence-electron chi connectivity index (χ1n) is 5.11. The molecule has 0 fully saturated rings. The molecule has 1 N–H and O–H groups in total. The van der Waals surface area contributed by atoms with Crippen molar-refractivity contribution in [1.82, 2.24) is 4.98 Å². The average molecular weight is 305 g/mol. The first kappa shape index (κ1) is 12.3. The molecule has 0 spiro atoms. The lowest BCUT2D eigenvalue weighted by Crippen LogP contribution is -1.91. The van der Waals surface area contributed by atoms with Gasteiger partial charge in [-0.15, -0.1) is 0 Å². The van der Waals surface area contributed by atoms with Gasteiger partial charge in [-0.25, -0.2) is 10.4 Å². The fraction of sp³-hybridized carbons (Fsp3) is 0.0833. The Morgan fingerprint density at radius 3 is 3.11 bits per heavy atom. The highest BCUT2D eigenvalue weighted by molar-refractivity contribution is 9.10. The second kappa shape index (κ2) is 5.47. The quantitative estimate of drug-likeness (QED) is 0.698. The SMILES string of the molecule is Cc1nc(C#N)c(NN=Cc2cccc(Br)c2)o1. The van der Waals surface area contributed by atoms with Crippen LogP contribution >= 0.6 is 15.9 Å². The molecule has 18 heavy (non-hydrogen) atoms. The number of benzene rings is 1. The van der Waals surface area contributed by atoms with E-state index in [1.54, 1.807) is 13.1 Å². The summed E-state index contributed by atoms with van der Waals surface area (Å²) in [6.07, 6.45) is 1.63. The van der Waals surface area contributed by atoms with Crippen LogP contribution in [0.5, 0.6) is 0 Å². The molecule has 0 aliphatic heterocycles. The van der Waals surface area contributed by atoms with E-state index in [9.17, 15) is 0 Å². The van der Waals surface area contributed by atoms with Gasteiger partial charge in [0.2, 0.25) is 5.69 Å². The van der Waals surface area contributed by atoms with Crippen LogP contribution in [0.25, 0.3) is 0 Å². The van der Waals surface area contributed by atoms with Crippen LogP contribution in [0.4, 0.5) is 5.88 Å². The lowest BCUT2D eigenvalue weighted by atomic mass is 10.2. The van der Waals surface area contributed by atoms with Crippen LogP contribution in [0.15, 0.2) is 38.3 Å². The molecule has 0 aliphatic rings. The molecule has 6 heteroatoms. The third kappa shape index (κ3) is 2.96. The van der Waals surface area contributed by atoms with Crippen molar-refractivity contribution in [2.75, 3.05) is 5.43 Å². The molecule has 0 aliphatic carbocycles. The van der Waals surface area contributed by atoms with Crippen LogP contribution in [0, 0.1) is 18.3 Å². The van der Waals surface area contributed by atoms with Gasteiger partial charge in [0.15, 0.2) is 5.89 Å². The third-order valence-electron chi connectivity index (χ3n) is 2.07. The molecule has 0 radical (unpaired) electrons. The highest BCUT2D eigenvalue weighted by Gasteiger charge is 2.08. The zero-order valence-corrected chi connectivity index (χ0v) is 11.1. The third-order valence-corrected chi connectivity index (χ3v) is 2.56. The predicted molar refractivity (Wildman–Crippen MR) is 71.3 cm³/mol. The molecular weight excluding hydrogens is 296 g/mol. The molecule has 1 aromatic heterocycles. The van der Waals surface area contributed by atoms with Gasteiger partial charge in [-0.2, -0.15) is 10.4 Å². The van der Waals surface area contributed by atoms with Crippen molar-refractivity contribution in [3.8, 4) is 6.07 Å². The summed E-state index contributed by atoms with van der Waals surface area (Å²) in [7, 11) is 0. The Kier molecular flexibility index (Phi) is 3.75. The number of aromatic nitrogens is 1. The van der Waals surface area contributed by atoms with Gasteiger partial charge in [0.1, 0.15) is 6.07 Å². The van der Waals surface area contributed by atoms with E-state index in [0.717, 1.165) is 10.0 Å². The van der Waals surface area contributed by atoms with E-state index in [1.165, 1.54) is 0 Å². The first-order valence-corrected chi connectivity index (χ1v) is 5.90. The van der Waals surface area contributed by atoms with Crippen molar-refractivity contribution < 1.29 is 4.42 Å². The number of hydrogen-bond donors (Lipinski definition) is 1. The van der Waals surface area contributed by atoms with Crippen molar-refractivity contribution in [2.45, 2.75) is 6.92 Å².